The average molecular weight is 308 g/mol. The number of hydrogen-bond donors (Lipinski definition) is 3. The third-order valence-electron chi connectivity index (χ3n) is 2.93. The van der Waals surface area contributed by atoms with Gasteiger partial charge < -0.3 is 16.8 Å². The van der Waals surface area contributed by atoms with Gasteiger partial charge in [0.05, 0.1) is 22.5 Å². The van der Waals surface area contributed by atoms with Crippen molar-refractivity contribution < 1.29 is 9.59 Å². The van der Waals surface area contributed by atoms with Crippen molar-refractivity contribution in [3.63, 3.8) is 0 Å². The Balaban J connectivity index is 2.11. The molecule has 0 saturated carbocycles. The quantitative estimate of drug-likeness (QED) is 0.740. The summed E-state index contributed by atoms with van der Waals surface area (Å²) in [5.74, 6) is -0.907. The largest absolute Gasteiger partial charge is 0.397 e. The molecule has 2 amide bonds. The van der Waals surface area contributed by atoms with E-state index in [2.05, 4.69) is 10.4 Å². The van der Waals surface area contributed by atoms with Gasteiger partial charge in [0.2, 0.25) is 5.91 Å². The third kappa shape index (κ3) is 3.32. The monoisotopic (exact) mass is 307 g/mol. The molecule has 5 N–H and O–H groups in total. The van der Waals surface area contributed by atoms with E-state index in [0.717, 1.165) is 0 Å². The number of nitrogen functional groups attached to an aromatic ring is 1. The Bertz CT molecular complexity index is 698. The molecule has 0 bridgehead atoms. The van der Waals surface area contributed by atoms with E-state index >= 15 is 0 Å². The molecule has 0 saturated heterocycles. The molecule has 2 aromatic rings. The summed E-state index contributed by atoms with van der Waals surface area (Å²) in [7, 11) is 0. The van der Waals surface area contributed by atoms with Gasteiger partial charge in [-0.15, -0.1) is 0 Å². The van der Waals surface area contributed by atoms with Crippen molar-refractivity contribution in [2.45, 2.75) is 13.0 Å². The number of nitrogens with one attached hydrogen (secondary N) is 1. The van der Waals surface area contributed by atoms with E-state index in [4.69, 9.17) is 23.1 Å². The lowest BCUT2D eigenvalue weighted by molar-refractivity contribution is -0.119. The minimum absolute atomic E-state index is 0.241. The van der Waals surface area contributed by atoms with Crippen LogP contribution in [-0.2, 0) is 4.79 Å². The summed E-state index contributed by atoms with van der Waals surface area (Å²) in [6.07, 6.45) is 2.73. The molecule has 0 aliphatic carbocycles. The third-order valence-corrected chi connectivity index (χ3v) is 3.27. The van der Waals surface area contributed by atoms with Crippen LogP contribution >= 0.6 is 11.6 Å². The molecule has 1 atom stereocenters. The van der Waals surface area contributed by atoms with Gasteiger partial charge in [0, 0.05) is 11.9 Å². The molecule has 8 heteroatoms. The van der Waals surface area contributed by atoms with Gasteiger partial charge in [-0.25, -0.2) is 0 Å². The Morgan fingerprint density at radius 1 is 1.43 bits per heavy atom. The summed E-state index contributed by atoms with van der Waals surface area (Å²) >= 11 is 5.81. The maximum absolute atomic E-state index is 12.1. The van der Waals surface area contributed by atoms with E-state index in [1.165, 1.54) is 17.1 Å². The van der Waals surface area contributed by atoms with Crippen LogP contribution in [0.3, 0.4) is 0 Å². The van der Waals surface area contributed by atoms with E-state index in [9.17, 15) is 9.59 Å². The lowest BCUT2D eigenvalue weighted by Gasteiger charge is -2.13. The fourth-order valence-corrected chi connectivity index (χ4v) is 1.78. The van der Waals surface area contributed by atoms with E-state index in [-0.39, 0.29) is 11.5 Å². The van der Waals surface area contributed by atoms with Crippen LogP contribution in [0.4, 0.5) is 11.4 Å². The SMILES string of the molecule is CC(C(=O)Nc1ccc(Cl)c(N)c1)n1cc(C(N)=O)cn1. The molecule has 1 aromatic carbocycles. The maximum atomic E-state index is 12.1. The molecule has 0 radical (unpaired) electrons. The topological polar surface area (TPSA) is 116 Å². The van der Waals surface area contributed by atoms with Crippen molar-refractivity contribution in [1.29, 1.82) is 0 Å². The van der Waals surface area contributed by atoms with E-state index < -0.39 is 11.9 Å². The van der Waals surface area contributed by atoms with E-state index in [1.54, 1.807) is 25.1 Å². The minimum Gasteiger partial charge on any atom is -0.397 e. The Morgan fingerprint density at radius 2 is 2.14 bits per heavy atom. The number of carbonyl (C=O) groups excluding carboxylic acids is 2. The second kappa shape index (κ2) is 5.84. The van der Waals surface area contributed by atoms with Gasteiger partial charge in [-0.05, 0) is 25.1 Å². The summed E-state index contributed by atoms with van der Waals surface area (Å²) in [6.45, 7) is 1.65. The number of nitrogens with zero attached hydrogens (tertiary/aromatic N) is 2. The lowest BCUT2D eigenvalue weighted by atomic mass is 10.2. The second-order valence-electron chi connectivity index (χ2n) is 4.47. The zero-order chi connectivity index (χ0) is 15.6. The van der Waals surface area contributed by atoms with Crippen molar-refractivity contribution in [2.75, 3.05) is 11.1 Å². The summed E-state index contributed by atoms with van der Waals surface area (Å²) in [6, 6.07) is 4.18. The van der Waals surface area contributed by atoms with Crippen LogP contribution in [0.2, 0.25) is 5.02 Å². The first kappa shape index (κ1) is 14.9. The van der Waals surface area contributed by atoms with E-state index in [1.807, 2.05) is 0 Å². The highest BCUT2D eigenvalue weighted by Gasteiger charge is 2.17. The molecule has 0 aliphatic rings. The number of halogens is 1. The number of primary amides is 1. The van der Waals surface area contributed by atoms with E-state index in [0.29, 0.717) is 16.4 Å². The number of rotatable bonds is 4. The van der Waals surface area contributed by atoms with Crippen LogP contribution in [0.15, 0.2) is 30.6 Å². The average Bonchev–Trinajstić information content (AvgIpc) is 2.92. The van der Waals surface area contributed by atoms with Crippen molar-refractivity contribution in [3.8, 4) is 0 Å². The lowest BCUT2D eigenvalue weighted by Crippen LogP contribution is -2.24. The first-order valence-electron chi connectivity index (χ1n) is 6.08. The molecule has 1 heterocycles. The summed E-state index contributed by atoms with van der Waals surface area (Å²) in [5, 5.41) is 7.05. The number of carbonyl (C=O) groups is 2. The van der Waals surface area contributed by atoms with Crippen LogP contribution in [0.5, 0.6) is 0 Å². The van der Waals surface area contributed by atoms with Gasteiger partial charge >= 0.3 is 0 Å². The first-order chi connectivity index (χ1) is 9.88. The highest BCUT2D eigenvalue weighted by molar-refractivity contribution is 6.33. The van der Waals surface area contributed by atoms with Gasteiger partial charge in [-0.2, -0.15) is 5.10 Å². The second-order valence-corrected chi connectivity index (χ2v) is 4.88. The van der Waals surface area contributed by atoms with Gasteiger partial charge in [0.1, 0.15) is 6.04 Å². The number of aromatic nitrogens is 2. The molecule has 2 rings (SSSR count). The molecule has 21 heavy (non-hydrogen) atoms. The molecule has 1 aromatic heterocycles. The highest BCUT2D eigenvalue weighted by Crippen LogP contribution is 2.23. The Labute approximate surface area is 125 Å². The Morgan fingerprint density at radius 3 is 2.71 bits per heavy atom. The zero-order valence-electron chi connectivity index (χ0n) is 11.2. The van der Waals surface area contributed by atoms with Gasteiger partial charge in [0.25, 0.3) is 5.91 Å². The summed E-state index contributed by atoms with van der Waals surface area (Å²) in [5.41, 5.74) is 11.9. The highest BCUT2D eigenvalue weighted by atomic mass is 35.5. The number of anilines is 2. The molecule has 0 fully saturated rings. The van der Waals surface area contributed by atoms with Gasteiger partial charge in [-0.1, -0.05) is 11.6 Å². The van der Waals surface area contributed by atoms with Crippen molar-refractivity contribution in [1.82, 2.24) is 9.78 Å². The maximum Gasteiger partial charge on any atom is 0.251 e. The Kier molecular flexibility index (Phi) is 4.13. The van der Waals surface area contributed by atoms with Crippen LogP contribution < -0.4 is 16.8 Å². The zero-order valence-corrected chi connectivity index (χ0v) is 12.0. The molecule has 1 unspecified atom stereocenters. The smallest absolute Gasteiger partial charge is 0.251 e. The van der Waals surface area contributed by atoms with Gasteiger partial charge in [-0.3, -0.25) is 14.3 Å². The predicted octanol–water partition coefficient (Wildman–Crippen LogP) is 1.42. The molecule has 110 valence electrons. The van der Waals surface area contributed by atoms with Crippen molar-refractivity contribution >= 4 is 34.8 Å². The van der Waals surface area contributed by atoms with Gasteiger partial charge in [0.15, 0.2) is 0 Å². The van der Waals surface area contributed by atoms with Crippen LogP contribution in [0, 0.1) is 0 Å². The number of nitrogens with two attached hydrogens (primary N) is 2. The fraction of sp³-hybridized carbons (Fsp3) is 0.154. The Hall–Kier alpha value is -2.54. The van der Waals surface area contributed by atoms with Crippen molar-refractivity contribution in [2.24, 2.45) is 5.73 Å². The minimum atomic E-state index is -0.616. The summed E-state index contributed by atoms with van der Waals surface area (Å²) in [4.78, 5) is 23.1. The van der Waals surface area contributed by atoms with Crippen LogP contribution in [0.25, 0.3) is 0 Å². The molecular formula is C13H14ClN5O2. The standard InChI is InChI=1S/C13H14ClN5O2/c1-7(19-6-8(5-17-19)12(16)20)13(21)18-9-2-3-10(14)11(15)4-9/h2-7H,15H2,1H3,(H2,16,20)(H,18,21). The summed E-state index contributed by atoms with van der Waals surface area (Å²) < 4.78 is 1.36. The fourth-order valence-electron chi connectivity index (χ4n) is 1.67. The number of benzene rings is 1. The number of amides is 2. The predicted molar refractivity (Wildman–Crippen MR) is 80.0 cm³/mol. The first-order valence-corrected chi connectivity index (χ1v) is 6.46. The normalized spacial score (nSPS) is 11.9. The van der Waals surface area contributed by atoms with Crippen LogP contribution in [-0.4, -0.2) is 21.6 Å². The molecule has 7 nitrogen and oxygen atoms in total. The van der Waals surface area contributed by atoms with Crippen LogP contribution in [0.1, 0.15) is 23.3 Å². The molecular weight excluding hydrogens is 294 g/mol. The molecule has 0 spiro atoms. The van der Waals surface area contributed by atoms with Crippen molar-refractivity contribution in [3.05, 3.63) is 41.2 Å². The molecule has 0 aliphatic heterocycles. The number of hydrogen-bond acceptors (Lipinski definition) is 4.